The van der Waals surface area contributed by atoms with Crippen LogP contribution in [-0.2, 0) is 25.6 Å². The molecule has 1 aromatic heterocycles. The molecule has 7 nitrogen and oxygen atoms in total. The van der Waals surface area contributed by atoms with Gasteiger partial charge in [-0.2, -0.15) is 0 Å². The predicted octanol–water partition coefficient (Wildman–Crippen LogP) is 1.53. The number of nitrogens with one attached hydrogen (secondary N) is 1. The Morgan fingerprint density at radius 2 is 2.06 bits per heavy atom. The molecule has 2 aromatic carbocycles. The molecule has 33 heavy (non-hydrogen) atoms. The maximum absolute atomic E-state index is 13.2. The number of carbonyl (C=O) groups excluding carboxylic acids is 2. The molecule has 0 bridgehead atoms. The van der Waals surface area contributed by atoms with E-state index in [4.69, 9.17) is 9.47 Å². The van der Waals surface area contributed by atoms with Gasteiger partial charge in [0.05, 0.1) is 23.3 Å². The van der Waals surface area contributed by atoms with Crippen LogP contribution >= 0.6 is 11.3 Å². The number of hydrogen-bond acceptors (Lipinski definition) is 6. The molecule has 0 unspecified atom stereocenters. The Labute approximate surface area is 194 Å². The van der Waals surface area contributed by atoms with Gasteiger partial charge in [0, 0.05) is 13.2 Å². The number of carbonyl (C=O) groups is 2. The van der Waals surface area contributed by atoms with Gasteiger partial charge in [-0.1, -0.05) is 42.5 Å². The molecule has 1 amide bonds. The van der Waals surface area contributed by atoms with Crippen LogP contribution in [0.5, 0.6) is 0 Å². The third-order valence-corrected chi connectivity index (χ3v) is 6.49. The van der Waals surface area contributed by atoms with E-state index in [9.17, 15) is 14.4 Å². The van der Waals surface area contributed by atoms with E-state index in [1.165, 1.54) is 10.6 Å². The van der Waals surface area contributed by atoms with Crippen molar-refractivity contribution in [3.63, 3.8) is 0 Å². The highest BCUT2D eigenvalue weighted by molar-refractivity contribution is 7.07. The van der Waals surface area contributed by atoms with Gasteiger partial charge >= 0.3 is 5.97 Å². The highest BCUT2D eigenvalue weighted by Gasteiger charge is 2.17. The summed E-state index contributed by atoms with van der Waals surface area (Å²) in [6.07, 6.45) is 4.97. The summed E-state index contributed by atoms with van der Waals surface area (Å²) in [5.41, 5.74) is 0.569. The molecule has 1 fully saturated rings. The van der Waals surface area contributed by atoms with E-state index in [0.717, 1.165) is 40.5 Å². The largest absolute Gasteiger partial charge is 0.463 e. The van der Waals surface area contributed by atoms with E-state index in [2.05, 4.69) is 5.32 Å². The fourth-order valence-electron chi connectivity index (χ4n) is 3.83. The number of nitrogens with zero attached hydrogens (tertiary/aromatic N) is 1. The quantitative estimate of drug-likeness (QED) is 0.534. The zero-order valence-corrected chi connectivity index (χ0v) is 19.2. The van der Waals surface area contributed by atoms with Crippen molar-refractivity contribution >= 4 is 46.1 Å². The van der Waals surface area contributed by atoms with Gasteiger partial charge in [-0.25, -0.2) is 4.79 Å². The van der Waals surface area contributed by atoms with Crippen LogP contribution in [0.2, 0.25) is 0 Å². The van der Waals surface area contributed by atoms with Crippen LogP contribution in [0, 0.1) is 0 Å². The molecule has 0 saturated carbocycles. The molecule has 3 aromatic rings. The molecule has 0 radical (unpaired) electrons. The minimum atomic E-state index is -0.552. The van der Waals surface area contributed by atoms with Gasteiger partial charge in [-0.15, -0.1) is 11.3 Å². The SMILES string of the molecule is CCOC(=O)/C=c1\s/c(=C\c2cccc3ccccc23)c(=O)n1CC(=O)NC[C@H]1CCCO1. The Hall–Kier alpha value is -3.23. The monoisotopic (exact) mass is 466 g/mol. The highest BCUT2D eigenvalue weighted by atomic mass is 32.1. The Morgan fingerprint density at radius 3 is 2.85 bits per heavy atom. The summed E-state index contributed by atoms with van der Waals surface area (Å²) >= 11 is 1.16. The second kappa shape index (κ2) is 10.6. The van der Waals surface area contributed by atoms with E-state index < -0.39 is 5.97 Å². The van der Waals surface area contributed by atoms with Crippen LogP contribution in [0.4, 0.5) is 0 Å². The lowest BCUT2D eigenvalue weighted by Gasteiger charge is -2.10. The summed E-state index contributed by atoms with van der Waals surface area (Å²) in [4.78, 5) is 37.9. The summed E-state index contributed by atoms with van der Waals surface area (Å²) in [6.45, 7) is 2.87. The van der Waals surface area contributed by atoms with Crippen molar-refractivity contribution in [2.45, 2.75) is 32.4 Å². The Kier molecular flexibility index (Phi) is 7.36. The first-order chi connectivity index (χ1) is 16.0. The number of esters is 1. The van der Waals surface area contributed by atoms with Crippen molar-refractivity contribution in [1.29, 1.82) is 0 Å². The van der Waals surface area contributed by atoms with E-state index in [0.29, 0.717) is 22.3 Å². The standard InChI is InChI=1S/C25H26N2O5S/c1-2-31-24(29)14-23-27(16-22(28)26-15-19-10-6-12-32-19)25(30)21(33-23)13-18-9-5-8-17-7-3-4-11-20(17)18/h3-5,7-9,11,13-14,19H,2,6,10,12,15-16H2,1H3,(H,26,28)/b21-13-,23-14-/t19-/m1/s1. The lowest BCUT2D eigenvalue weighted by atomic mass is 10.0. The van der Waals surface area contributed by atoms with E-state index >= 15 is 0 Å². The third kappa shape index (κ3) is 5.58. The maximum Gasteiger partial charge on any atom is 0.333 e. The molecule has 1 aliphatic heterocycles. The zero-order valence-electron chi connectivity index (χ0n) is 18.4. The van der Waals surface area contributed by atoms with Gasteiger partial charge in [0.25, 0.3) is 5.56 Å². The van der Waals surface area contributed by atoms with E-state index in [1.807, 2.05) is 42.5 Å². The first kappa shape index (κ1) is 22.9. The van der Waals surface area contributed by atoms with Gasteiger partial charge in [-0.05, 0) is 42.2 Å². The van der Waals surface area contributed by atoms with E-state index in [-0.39, 0.29) is 30.7 Å². The topological polar surface area (TPSA) is 86.6 Å². The van der Waals surface area contributed by atoms with Crippen LogP contribution < -0.4 is 20.1 Å². The molecule has 1 atom stereocenters. The molecule has 0 aliphatic carbocycles. The van der Waals surface area contributed by atoms with Crippen molar-refractivity contribution < 1.29 is 19.1 Å². The van der Waals surface area contributed by atoms with Gasteiger partial charge < -0.3 is 14.8 Å². The molecular formula is C25H26N2O5S. The average Bonchev–Trinajstić information content (AvgIpc) is 3.43. The van der Waals surface area contributed by atoms with Crippen molar-refractivity contribution in [3.05, 3.63) is 67.6 Å². The highest BCUT2D eigenvalue weighted by Crippen LogP contribution is 2.18. The lowest BCUT2D eigenvalue weighted by Crippen LogP contribution is -2.40. The number of amides is 1. The smallest absolute Gasteiger partial charge is 0.333 e. The predicted molar refractivity (Wildman–Crippen MR) is 128 cm³/mol. The number of aromatic nitrogens is 1. The van der Waals surface area contributed by atoms with Crippen molar-refractivity contribution in [3.8, 4) is 0 Å². The molecule has 1 N–H and O–H groups in total. The second-order valence-corrected chi connectivity index (χ2v) is 8.81. The minimum Gasteiger partial charge on any atom is -0.463 e. The molecule has 2 heterocycles. The van der Waals surface area contributed by atoms with Crippen molar-refractivity contribution in [2.75, 3.05) is 19.8 Å². The number of hydrogen-bond donors (Lipinski definition) is 1. The van der Waals surface area contributed by atoms with Crippen LogP contribution in [0.15, 0.2) is 47.3 Å². The summed E-state index contributed by atoms with van der Waals surface area (Å²) in [5.74, 6) is -0.857. The van der Waals surface area contributed by atoms with Crippen LogP contribution in [0.3, 0.4) is 0 Å². The molecule has 172 valence electrons. The number of thiazole rings is 1. The fraction of sp³-hybridized carbons (Fsp3) is 0.320. The first-order valence-corrected chi connectivity index (χ1v) is 11.8. The summed E-state index contributed by atoms with van der Waals surface area (Å²) in [5, 5.41) is 4.91. The molecule has 1 saturated heterocycles. The number of benzene rings is 2. The molecule has 8 heteroatoms. The van der Waals surface area contributed by atoms with Crippen LogP contribution in [0.1, 0.15) is 25.3 Å². The Morgan fingerprint density at radius 1 is 1.24 bits per heavy atom. The van der Waals surface area contributed by atoms with Gasteiger partial charge in [0.2, 0.25) is 5.91 Å². The fourth-order valence-corrected chi connectivity index (χ4v) is 4.85. The maximum atomic E-state index is 13.2. The molecular weight excluding hydrogens is 440 g/mol. The van der Waals surface area contributed by atoms with E-state index in [1.54, 1.807) is 13.0 Å². The third-order valence-electron chi connectivity index (χ3n) is 5.43. The Balaban J connectivity index is 1.70. The van der Waals surface area contributed by atoms with Gasteiger partial charge in [0.1, 0.15) is 11.2 Å². The van der Waals surface area contributed by atoms with Crippen molar-refractivity contribution in [1.82, 2.24) is 9.88 Å². The van der Waals surface area contributed by atoms with Crippen molar-refractivity contribution in [2.24, 2.45) is 0 Å². The number of ether oxygens (including phenoxy) is 2. The lowest BCUT2D eigenvalue weighted by molar-refractivity contribution is -0.135. The summed E-state index contributed by atoms with van der Waals surface area (Å²) in [7, 11) is 0. The first-order valence-electron chi connectivity index (χ1n) is 11.0. The Bertz CT molecular complexity index is 1330. The second-order valence-electron chi connectivity index (χ2n) is 7.74. The average molecular weight is 467 g/mol. The summed E-state index contributed by atoms with van der Waals surface area (Å²) in [6, 6.07) is 13.8. The minimum absolute atomic E-state index is 0.00830. The molecule has 1 aliphatic rings. The normalized spacial score (nSPS) is 16.9. The molecule has 0 spiro atoms. The van der Waals surface area contributed by atoms with Gasteiger partial charge in [0.15, 0.2) is 0 Å². The number of fused-ring (bicyclic) bond motifs is 1. The number of rotatable bonds is 7. The van der Waals surface area contributed by atoms with Crippen LogP contribution in [0.25, 0.3) is 22.9 Å². The molecule has 4 rings (SSSR count). The summed E-state index contributed by atoms with van der Waals surface area (Å²) < 4.78 is 12.7. The van der Waals surface area contributed by atoms with Gasteiger partial charge in [-0.3, -0.25) is 14.2 Å². The zero-order chi connectivity index (χ0) is 23.2. The van der Waals surface area contributed by atoms with Crippen LogP contribution in [-0.4, -0.2) is 42.3 Å².